The Morgan fingerprint density at radius 1 is 1.00 bits per heavy atom. The fourth-order valence-corrected chi connectivity index (χ4v) is 4.77. The third-order valence-electron chi connectivity index (χ3n) is 6.39. The molecular weight excluding hydrogens is 331 g/mol. The molecular formula is C21H31FN2O2. The Labute approximate surface area is 156 Å². The van der Waals surface area contributed by atoms with Crippen molar-refractivity contribution in [3.8, 4) is 0 Å². The standard InChI is InChI=1S/C21H31FN2O2/c22-20-3-1-2-19(14-20)21(6-11-26-17-21)16-24-7-4-18(5-8-24)15-23-9-12-25-13-10-23/h1-3,14,18H,4-13,15-17H2. The highest BCUT2D eigenvalue weighted by Crippen LogP contribution is 2.35. The van der Waals surface area contributed by atoms with Gasteiger partial charge in [0.05, 0.1) is 19.8 Å². The molecule has 1 atom stereocenters. The first-order valence-corrected chi connectivity index (χ1v) is 10.1. The second-order valence-electron chi connectivity index (χ2n) is 8.23. The fourth-order valence-electron chi connectivity index (χ4n) is 4.77. The van der Waals surface area contributed by atoms with E-state index in [0.29, 0.717) is 6.61 Å². The van der Waals surface area contributed by atoms with Crippen molar-refractivity contribution in [2.24, 2.45) is 5.92 Å². The molecule has 3 saturated heterocycles. The van der Waals surface area contributed by atoms with Crippen LogP contribution in [-0.4, -0.2) is 75.5 Å². The molecule has 0 aromatic heterocycles. The van der Waals surface area contributed by atoms with Crippen molar-refractivity contribution in [1.29, 1.82) is 0 Å². The molecule has 3 aliphatic rings. The van der Waals surface area contributed by atoms with E-state index in [2.05, 4.69) is 15.9 Å². The van der Waals surface area contributed by atoms with Crippen LogP contribution in [-0.2, 0) is 14.9 Å². The van der Waals surface area contributed by atoms with E-state index in [1.807, 2.05) is 6.07 Å². The number of hydrogen-bond acceptors (Lipinski definition) is 4. The molecule has 3 heterocycles. The monoisotopic (exact) mass is 362 g/mol. The molecule has 1 aromatic rings. The van der Waals surface area contributed by atoms with Gasteiger partial charge >= 0.3 is 0 Å². The molecule has 1 aromatic carbocycles. The zero-order valence-corrected chi connectivity index (χ0v) is 15.7. The lowest BCUT2D eigenvalue weighted by atomic mass is 9.78. The first-order valence-electron chi connectivity index (χ1n) is 10.1. The molecule has 4 nitrogen and oxygen atoms in total. The lowest BCUT2D eigenvalue weighted by Crippen LogP contribution is -2.47. The van der Waals surface area contributed by atoms with Gasteiger partial charge < -0.3 is 14.4 Å². The maximum absolute atomic E-state index is 13.8. The van der Waals surface area contributed by atoms with Crippen molar-refractivity contribution < 1.29 is 13.9 Å². The van der Waals surface area contributed by atoms with Crippen molar-refractivity contribution in [3.05, 3.63) is 35.6 Å². The Hall–Kier alpha value is -1.01. The van der Waals surface area contributed by atoms with Gasteiger partial charge in [-0.2, -0.15) is 0 Å². The lowest BCUT2D eigenvalue weighted by molar-refractivity contribution is 0.0233. The summed E-state index contributed by atoms with van der Waals surface area (Å²) in [4.78, 5) is 5.14. The number of ether oxygens (including phenoxy) is 2. The summed E-state index contributed by atoms with van der Waals surface area (Å²) >= 11 is 0. The Bertz CT molecular complexity index is 577. The Balaban J connectivity index is 1.33. The molecule has 0 N–H and O–H groups in total. The van der Waals surface area contributed by atoms with Gasteiger partial charge in [-0.15, -0.1) is 0 Å². The lowest BCUT2D eigenvalue weighted by Gasteiger charge is -2.40. The van der Waals surface area contributed by atoms with Gasteiger partial charge in [0.15, 0.2) is 0 Å². The quantitative estimate of drug-likeness (QED) is 0.804. The van der Waals surface area contributed by atoms with Crippen LogP contribution in [0, 0.1) is 11.7 Å². The Morgan fingerprint density at radius 2 is 1.81 bits per heavy atom. The van der Waals surface area contributed by atoms with E-state index in [4.69, 9.17) is 9.47 Å². The fraction of sp³-hybridized carbons (Fsp3) is 0.714. The van der Waals surface area contributed by atoms with E-state index < -0.39 is 0 Å². The van der Waals surface area contributed by atoms with Crippen molar-refractivity contribution in [2.45, 2.75) is 24.7 Å². The third kappa shape index (κ3) is 4.28. The van der Waals surface area contributed by atoms with Crippen LogP contribution in [0.4, 0.5) is 4.39 Å². The topological polar surface area (TPSA) is 24.9 Å². The van der Waals surface area contributed by atoms with Gasteiger partial charge in [0, 0.05) is 38.2 Å². The smallest absolute Gasteiger partial charge is 0.123 e. The number of rotatable bonds is 5. The van der Waals surface area contributed by atoms with Crippen molar-refractivity contribution >= 4 is 0 Å². The zero-order valence-electron chi connectivity index (χ0n) is 15.7. The summed E-state index contributed by atoms with van der Waals surface area (Å²) in [6.07, 6.45) is 3.51. The van der Waals surface area contributed by atoms with Crippen molar-refractivity contribution in [3.63, 3.8) is 0 Å². The van der Waals surface area contributed by atoms with E-state index in [9.17, 15) is 4.39 Å². The average molecular weight is 362 g/mol. The normalized spacial score (nSPS) is 29.3. The molecule has 0 saturated carbocycles. The summed E-state index contributed by atoms with van der Waals surface area (Å²) in [5.41, 5.74) is 1.06. The van der Waals surface area contributed by atoms with Gasteiger partial charge in [0.1, 0.15) is 5.82 Å². The molecule has 0 aliphatic carbocycles. The van der Waals surface area contributed by atoms with E-state index in [0.717, 1.165) is 70.4 Å². The first-order chi connectivity index (χ1) is 12.7. The van der Waals surface area contributed by atoms with Gasteiger partial charge in [-0.05, 0) is 56.0 Å². The molecule has 0 bridgehead atoms. The second-order valence-corrected chi connectivity index (χ2v) is 8.23. The minimum Gasteiger partial charge on any atom is -0.380 e. The van der Waals surface area contributed by atoms with E-state index in [-0.39, 0.29) is 11.2 Å². The van der Waals surface area contributed by atoms with Crippen LogP contribution in [0.25, 0.3) is 0 Å². The third-order valence-corrected chi connectivity index (χ3v) is 6.39. The van der Waals surface area contributed by atoms with Crippen LogP contribution in [0.1, 0.15) is 24.8 Å². The summed E-state index contributed by atoms with van der Waals surface area (Å²) in [5.74, 6) is 0.660. The average Bonchev–Trinajstić information content (AvgIpc) is 3.14. The molecule has 26 heavy (non-hydrogen) atoms. The van der Waals surface area contributed by atoms with Gasteiger partial charge in [-0.3, -0.25) is 4.90 Å². The molecule has 4 rings (SSSR count). The predicted molar refractivity (Wildman–Crippen MR) is 99.9 cm³/mol. The van der Waals surface area contributed by atoms with Crippen molar-refractivity contribution in [1.82, 2.24) is 9.80 Å². The van der Waals surface area contributed by atoms with E-state index in [1.165, 1.54) is 25.5 Å². The number of halogens is 1. The summed E-state index contributed by atoms with van der Waals surface area (Å²) in [7, 11) is 0. The molecule has 3 aliphatic heterocycles. The molecule has 1 unspecified atom stereocenters. The summed E-state index contributed by atoms with van der Waals surface area (Å²) < 4.78 is 25.0. The Morgan fingerprint density at radius 3 is 2.50 bits per heavy atom. The number of hydrogen-bond donors (Lipinski definition) is 0. The summed E-state index contributed by atoms with van der Waals surface area (Å²) in [5, 5.41) is 0. The zero-order chi connectivity index (χ0) is 17.8. The van der Waals surface area contributed by atoms with Crippen LogP contribution < -0.4 is 0 Å². The number of likely N-dealkylation sites (tertiary alicyclic amines) is 1. The highest BCUT2D eigenvalue weighted by Gasteiger charge is 2.39. The minimum atomic E-state index is -0.141. The summed E-state index contributed by atoms with van der Waals surface area (Å²) in [6.45, 7) is 9.92. The van der Waals surface area contributed by atoms with Gasteiger partial charge in [-0.1, -0.05) is 12.1 Å². The van der Waals surface area contributed by atoms with Gasteiger partial charge in [0.25, 0.3) is 0 Å². The van der Waals surface area contributed by atoms with Crippen LogP contribution in [0.3, 0.4) is 0 Å². The number of morpholine rings is 1. The number of benzene rings is 1. The predicted octanol–water partition coefficient (Wildman–Crippen LogP) is 2.53. The van der Waals surface area contributed by atoms with Crippen LogP contribution in [0.2, 0.25) is 0 Å². The van der Waals surface area contributed by atoms with Crippen LogP contribution in [0.5, 0.6) is 0 Å². The molecule has 0 spiro atoms. The molecule has 0 radical (unpaired) electrons. The molecule has 144 valence electrons. The number of nitrogens with zero attached hydrogens (tertiary/aromatic N) is 2. The minimum absolute atomic E-state index is 0.0425. The Kier molecular flexibility index (Phi) is 5.89. The number of piperidine rings is 1. The van der Waals surface area contributed by atoms with E-state index in [1.54, 1.807) is 6.07 Å². The van der Waals surface area contributed by atoms with Gasteiger partial charge in [-0.25, -0.2) is 4.39 Å². The maximum atomic E-state index is 13.8. The molecule has 3 fully saturated rings. The van der Waals surface area contributed by atoms with Crippen LogP contribution >= 0.6 is 0 Å². The summed E-state index contributed by atoms with van der Waals surface area (Å²) in [6, 6.07) is 7.15. The van der Waals surface area contributed by atoms with Crippen molar-refractivity contribution in [2.75, 3.05) is 65.7 Å². The molecule has 0 amide bonds. The first kappa shape index (κ1) is 18.4. The maximum Gasteiger partial charge on any atom is 0.123 e. The van der Waals surface area contributed by atoms with E-state index >= 15 is 0 Å². The molecule has 5 heteroatoms. The highest BCUT2D eigenvalue weighted by atomic mass is 19.1. The SMILES string of the molecule is Fc1cccc(C2(CN3CCC(CN4CCOCC4)CC3)CCOC2)c1. The largest absolute Gasteiger partial charge is 0.380 e. The van der Waals surface area contributed by atoms with Crippen LogP contribution in [0.15, 0.2) is 24.3 Å². The second kappa shape index (κ2) is 8.34. The highest BCUT2D eigenvalue weighted by molar-refractivity contribution is 5.28. The van der Waals surface area contributed by atoms with Gasteiger partial charge in [0.2, 0.25) is 0 Å².